The normalized spacial score (nSPS) is 17.4. The van der Waals surface area contributed by atoms with E-state index in [4.69, 9.17) is 33.3 Å². The van der Waals surface area contributed by atoms with Crippen LogP contribution in [0.15, 0.2) is 224 Å². The SMILES string of the molecule is [2H]c1cc(-c2c([2H])c([2H])c(-c3nc(-c4c([2H])c([2H])c([2H])c([2H])c4[2H])nc(-n4c5ccccc5c5ccc6c7ccccc7n(-c7c([2H])c(-c8c([2H])c([2H])c([2H])c([2H])c8[2H])c([2H])c([2H])c7-c7c([2H])c([2H])c([2H])c([2H])c7[2H])c6c54)n3)c([2H])c2[2H])c([2H])c([2H])c1[2H]. The highest BCUT2D eigenvalue weighted by molar-refractivity contribution is 6.24. The Kier molecular flexibility index (Phi) is 4.28. The fourth-order valence-electron chi connectivity index (χ4n) is 7.58. The van der Waals surface area contributed by atoms with Crippen molar-refractivity contribution in [2.45, 2.75) is 0 Å². The van der Waals surface area contributed by atoms with Crippen molar-refractivity contribution in [2.24, 2.45) is 0 Å². The standard InChI is InChI=1S/C57H37N5/c1-5-17-38(18-6-1)40-29-31-43(32-30-40)56-58-55(42-23-11-4-12-24-42)59-57(60-56)62-51-28-16-14-26-47(51)49-36-35-48-46-25-13-15-27-50(46)61(53(48)54(49)62)52-37-44(39-19-7-2-8-20-39)33-34-45(52)41-21-9-3-10-22-41/h1-37H/i1D,2D,3D,4D,5D,6D,7D,8D,9D,10D,11D,12D,17D,19D,20D,21D,22D,23D,24D,29D,30D,31D,32D,33D,34D,37D. The second-order valence-corrected chi connectivity index (χ2v) is 13.6. The molecule has 12 rings (SSSR count). The molecule has 0 radical (unpaired) electrons. The Hall–Kier alpha value is -8.41. The Morgan fingerprint density at radius 1 is 0.339 bits per heavy atom. The fourth-order valence-corrected chi connectivity index (χ4v) is 7.58. The van der Waals surface area contributed by atoms with Crippen LogP contribution in [0.3, 0.4) is 0 Å². The van der Waals surface area contributed by atoms with E-state index in [-0.39, 0.29) is 27.6 Å². The minimum atomic E-state index is -0.914. The molecule has 0 saturated carbocycles. The second-order valence-electron chi connectivity index (χ2n) is 13.6. The van der Waals surface area contributed by atoms with E-state index in [1.807, 2.05) is 0 Å². The van der Waals surface area contributed by atoms with Crippen molar-refractivity contribution in [3.05, 3.63) is 224 Å². The lowest BCUT2D eigenvalue weighted by atomic mass is 9.98. The van der Waals surface area contributed by atoms with E-state index < -0.39 is 219 Å². The molecule has 3 aromatic heterocycles. The minimum absolute atomic E-state index is 0.0495. The molecule has 5 nitrogen and oxygen atoms in total. The van der Waals surface area contributed by atoms with Gasteiger partial charge < -0.3 is 4.57 Å². The largest absolute Gasteiger partial charge is 0.307 e. The average Bonchev–Trinajstić information content (AvgIpc) is 1.38. The molecule has 12 aromatic rings. The lowest BCUT2D eigenvalue weighted by molar-refractivity contribution is 0.953. The summed E-state index contributed by atoms with van der Waals surface area (Å²) >= 11 is 0. The van der Waals surface area contributed by atoms with Gasteiger partial charge in [-0.2, -0.15) is 9.97 Å². The summed E-state index contributed by atoms with van der Waals surface area (Å²) in [4.78, 5) is 14.2. The lowest BCUT2D eigenvalue weighted by Crippen LogP contribution is -2.07. The third kappa shape index (κ3) is 5.90. The van der Waals surface area contributed by atoms with Crippen LogP contribution in [0.2, 0.25) is 0 Å². The summed E-state index contributed by atoms with van der Waals surface area (Å²) in [7, 11) is 0. The molecule has 62 heavy (non-hydrogen) atoms. The molecule has 0 saturated heterocycles. The molecular weight excluding hydrogens is 755 g/mol. The van der Waals surface area contributed by atoms with E-state index >= 15 is 0 Å². The molecule has 0 aliphatic carbocycles. The summed E-state index contributed by atoms with van der Waals surface area (Å²) in [6.07, 6.45) is 0. The first kappa shape index (κ1) is 18.1. The van der Waals surface area contributed by atoms with Crippen LogP contribution in [-0.2, 0) is 0 Å². The zero-order chi connectivity index (χ0) is 63.6. The number of nitrogens with zero attached hydrogens (tertiary/aromatic N) is 5. The number of hydrogen-bond donors (Lipinski definition) is 0. The Morgan fingerprint density at radius 2 is 0.806 bits per heavy atom. The summed E-state index contributed by atoms with van der Waals surface area (Å²) in [5.41, 5.74) is -4.65. The first-order valence-electron chi connectivity index (χ1n) is 31.8. The average molecular weight is 818 g/mol. The molecule has 290 valence electrons. The van der Waals surface area contributed by atoms with E-state index in [2.05, 4.69) is 4.98 Å². The zero-order valence-corrected chi connectivity index (χ0v) is 31.6. The van der Waals surface area contributed by atoms with Crippen LogP contribution in [0.5, 0.6) is 0 Å². The smallest absolute Gasteiger partial charge is 0.238 e. The molecule has 0 amide bonds. The molecule has 0 atom stereocenters. The van der Waals surface area contributed by atoms with Gasteiger partial charge in [0.2, 0.25) is 5.95 Å². The van der Waals surface area contributed by atoms with E-state index in [1.54, 1.807) is 60.7 Å². The maximum atomic E-state index is 10.3. The molecule has 5 heteroatoms. The fraction of sp³-hybridized carbons (Fsp3) is 0. The zero-order valence-electron chi connectivity index (χ0n) is 57.6. The molecule has 0 bridgehead atoms. The number of aromatic nitrogens is 5. The van der Waals surface area contributed by atoms with Crippen molar-refractivity contribution in [3.8, 4) is 67.8 Å². The summed E-state index contributed by atoms with van der Waals surface area (Å²) in [6, 6.07) is -3.47. The van der Waals surface area contributed by atoms with Gasteiger partial charge in [-0.25, -0.2) is 4.98 Å². The van der Waals surface area contributed by atoms with Gasteiger partial charge in [0.05, 0.1) is 63.4 Å². The van der Waals surface area contributed by atoms with Crippen molar-refractivity contribution < 1.29 is 35.6 Å². The Morgan fingerprint density at radius 3 is 1.45 bits per heavy atom. The number of fused-ring (bicyclic) bond motifs is 7. The first-order valence-corrected chi connectivity index (χ1v) is 18.8. The predicted octanol–water partition coefficient (Wildman–Crippen LogP) is 14.4. The minimum Gasteiger partial charge on any atom is -0.307 e. The highest BCUT2D eigenvalue weighted by atomic mass is 15.2. The lowest BCUT2D eigenvalue weighted by Gasteiger charge is -2.17. The van der Waals surface area contributed by atoms with Crippen molar-refractivity contribution in [1.82, 2.24) is 24.1 Å². The van der Waals surface area contributed by atoms with Gasteiger partial charge in [-0.05, 0) is 46.0 Å². The molecule has 3 heterocycles. The number of hydrogen-bond acceptors (Lipinski definition) is 3. The monoisotopic (exact) mass is 817 g/mol. The first-order chi connectivity index (χ1) is 41.6. The molecule has 0 spiro atoms. The van der Waals surface area contributed by atoms with Crippen LogP contribution in [-0.4, -0.2) is 24.1 Å². The van der Waals surface area contributed by atoms with Gasteiger partial charge in [0.25, 0.3) is 0 Å². The Bertz CT molecular complexity index is 5080. The van der Waals surface area contributed by atoms with E-state index in [0.29, 0.717) is 21.5 Å². The maximum absolute atomic E-state index is 10.3. The Labute approximate surface area is 395 Å². The maximum Gasteiger partial charge on any atom is 0.238 e. The van der Waals surface area contributed by atoms with Crippen LogP contribution in [0, 0.1) is 0 Å². The van der Waals surface area contributed by atoms with Crippen molar-refractivity contribution in [3.63, 3.8) is 0 Å². The molecule has 0 aliphatic rings. The van der Waals surface area contributed by atoms with Gasteiger partial charge in [0.15, 0.2) is 11.6 Å². The van der Waals surface area contributed by atoms with Crippen LogP contribution in [0.4, 0.5) is 0 Å². The van der Waals surface area contributed by atoms with Gasteiger partial charge in [-0.3, -0.25) is 4.57 Å². The molecule has 0 aliphatic heterocycles. The molecule has 0 unspecified atom stereocenters. The Balaban J connectivity index is 1.30. The molecular formula is C57H37N5. The summed E-state index contributed by atoms with van der Waals surface area (Å²) in [5.74, 6) is -1.81. The van der Waals surface area contributed by atoms with Gasteiger partial charge >= 0.3 is 0 Å². The van der Waals surface area contributed by atoms with Gasteiger partial charge in [-0.15, -0.1) is 0 Å². The van der Waals surface area contributed by atoms with Crippen LogP contribution < -0.4 is 0 Å². The van der Waals surface area contributed by atoms with Crippen molar-refractivity contribution in [2.75, 3.05) is 0 Å². The van der Waals surface area contributed by atoms with Gasteiger partial charge in [-0.1, -0.05) is 206 Å². The second kappa shape index (κ2) is 14.7. The summed E-state index contributed by atoms with van der Waals surface area (Å²) < 4.78 is 236. The summed E-state index contributed by atoms with van der Waals surface area (Å²) in [6.45, 7) is 0. The van der Waals surface area contributed by atoms with Gasteiger partial charge in [0.1, 0.15) is 0 Å². The van der Waals surface area contributed by atoms with Crippen LogP contribution in [0.1, 0.15) is 35.6 Å². The third-order valence-corrected chi connectivity index (χ3v) is 10.2. The summed E-state index contributed by atoms with van der Waals surface area (Å²) in [5, 5.41) is 1.52. The third-order valence-electron chi connectivity index (χ3n) is 10.2. The van der Waals surface area contributed by atoms with E-state index in [0.717, 1.165) is 6.07 Å². The molecule has 9 aromatic carbocycles. The quantitative estimate of drug-likeness (QED) is 0.161. The number of benzene rings is 9. The van der Waals surface area contributed by atoms with Crippen LogP contribution >= 0.6 is 0 Å². The van der Waals surface area contributed by atoms with Crippen molar-refractivity contribution >= 4 is 43.6 Å². The number of para-hydroxylation sites is 2. The topological polar surface area (TPSA) is 48.5 Å². The molecule has 0 N–H and O–H groups in total. The van der Waals surface area contributed by atoms with Crippen LogP contribution in [0.25, 0.3) is 111 Å². The highest BCUT2D eigenvalue weighted by Gasteiger charge is 2.25. The molecule has 0 fully saturated rings. The number of rotatable bonds is 7. The highest BCUT2D eigenvalue weighted by Crippen LogP contribution is 2.44. The van der Waals surface area contributed by atoms with Gasteiger partial charge in [0, 0.05) is 38.2 Å². The van der Waals surface area contributed by atoms with Crippen molar-refractivity contribution in [1.29, 1.82) is 0 Å². The van der Waals surface area contributed by atoms with E-state index in [9.17, 15) is 12.3 Å². The van der Waals surface area contributed by atoms with E-state index in [1.165, 1.54) is 9.13 Å². The predicted molar refractivity (Wildman–Crippen MR) is 256 cm³/mol.